The van der Waals surface area contributed by atoms with Gasteiger partial charge in [-0.3, -0.25) is 0 Å². The smallest absolute Gasteiger partial charge is 0.315 e. The molecule has 1 heterocycles. The molecule has 2 rings (SSSR count). The molecule has 23 heavy (non-hydrogen) atoms. The number of sulfonamides is 1. The highest BCUT2D eigenvalue weighted by Crippen LogP contribution is 2.13. The van der Waals surface area contributed by atoms with Gasteiger partial charge in [0.15, 0.2) is 0 Å². The predicted octanol–water partition coefficient (Wildman–Crippen LogP) is 1.26. The number of carbonyl (C=O) groups is 1. The third-order valence-corrected chi connectivity index (χ3v) is 5.40. The van der Waals surface area contributed by atoms with E-state index in [2.05, 4.69) is 29.7 Å². The molecule has 2 N–H and O–H groups in total. The van der Waals surface area contributed by atoms with E-state index in [-0.39, 0.29) is 12.1 Å². The Hall–Kier alpha value is -1.60. The molecule has 1 fully saturated rings. The molecular weight excluding hydrogens is 314 g/mol. The van der Waals surface area contributed by atoms with Crippen molar-refractivity contribution in [2.24, 2.45) is 0 Å². The lowest BCUT2D eigenvalue weighted by Gasteiger charge is -2.31. The van der Waals surface area contributed by atoms with Gasteiger partial charge in [-0.05, 0) is 37.3 Å². The molecule has 0 aliphatic carbocycles. The van der Waals surface area contributed by atoms with Crippen molar-refractivity contribution in [3.8, 4) is 0 Å². The topological polar surface area (TPSA) is 78.5 Å². The fourth-order valence-corrected chi connectivity index (χ4v) is 3.71. The monoisotopic (exact) mass is 339 g/mol. The van der Waals surface area contributed by atoms with E-state index in [1.165, 1.54) is 21.7 Å². The number of hydrogen-bond donors (Lipinski definition) is 2. The minimum Gasteiger partial charge on any atom is -0.338 e. The van der Waals surface area contributed by atoms with Gasteiger partial charge in [0.1, 0.15) is 0 Å². The zero-order chi connectivity index (χ0) is 16.9. The van der Waals surface area contributed by atoms with Crippen molar-refractivity contribution < 1.29 is 13.2 Å². The van der Waals surface area contributed by atoms with Crippen LogP contribution in [0.3, 0.4) is 0 Å². The van der Waals surface area contributed by atoms with E-state index in [0.29, 0.717) is 19.6 Å². The normalized spacial score (nSPS) is 19.3. The average Bonchev–Trinajstić information content (AvgIpc) is 2.48. The number of hydrogen-bond acceptors (Lipinski definition) is 3. The van der Waals surface area contributed by atoms with Gasteiger partial charge in [0, 0.05) is 25.7 Å². The van der Waals surface area contributed by atoms with Gasteiger partial charge < -0.3 is 10.6 Å². The molecule has 1 aliphatic heterocycles. The number of amides is 2. The Labute approximate surface area is 138 Å². The molecule has 6 nitrogen and oxygen atoms in total. The highest BCUT2D eigenvalue weighted by molar-refractivity contribution is 7.88. The Kier molecular flexibility index (Phi) is 6.01. The summed E-state index contributed by atoms with van der Waals surface area (Å²) in [4.78, 5) is 12.0. The second-order valence-corrected chi connectivity index (χ2v) is 8.02. The molecule has 1 unspecified atom stereocenters. The maximum Gasteiger partial charge on any atom is 0.315 e. The average molecular weight is 339 g/mol. The summed E-state index contributed by atoms with van der Waals surface area (Å²) in [6.07, 6.45) is 3.55. The van der Waals surface area contributed by atoms with Gasteiger partial charge in [-0.1, -0.05) is 24.3 Å². The van der Waals surface area contributed by atoms with Gasteiger partial charge in [-0.25, -0.2) is 17.5 Å². The van der Waals surface area contributed by atoms with Crippen LogP contribution < -0.4 is 10.6 Å². The second kappa shape index (κ2) is 7.79. The summed E-state index contributed by atoms with van der Waals surface area (Å²) in [5.74, 6) is 0. The SMILES string of the molecule is Cc1ccccc1CCNC(=O)NC1CCCN(S(C)(=O)=O)C1. The quantitative estimate of drug-likeness (QED) is 0.848. The summed E-state index contributed by atoms with van der Waals surface area (Å²) in [7, 11) is -3.19. The van der Waals surface area contributed by atoms with Crippen molar-refractivity contribution in [2.45, 2.75) is 32.2 Å². The van der Waals surface area contributed by atoms with Gasteiger partial charge in [-0.15, -0.1) is 0 Å². The number of nitrogens with one attached hydrogen (secondary N) is 2. The molecule has 1 aromatic rings. The zero-order valence-electron chi connectivity index (χ0n) is 13.7. The lowest BCUT2D eigenvalue weighted by Crippen LogP contribution is -2.51. The van der Waals surface area contributed by atoms with Crippen LogP contribution in [-0.4, -0.2) is 50.7 Å². The van der Waals surface area contributed by atoms with E-state index < -0.39 is 10.0 Å². The Morgan fingerprint density at radius 3 is 2.78 bits per heavy atom. The molecule has 0 bridgehead atoms. The molecule has 0 aromatic heterocycles. The van der Waals surface area contributed by atoms with Crippen LogP contribution in [0.5, 0.6) is 0 Å². The van der Waals surface area contributed by atoms with Crippen LogP contribution in [0, 0.1) is 6.92 Å². The fourth-order valence-electron chi connectivity index (χ4n) is 2.80. The summed E-state index contributed by atoms with van der Waals surface area (Å²) in [6, 6.07) is 7.73. The van der Waals surface area contributed by atoms with Crippen LogP contribution in [0.15, 0.2) is 24.3 Å². The van der Waals surface area contributed by atoms with Crippen LogP contribution in [0.2, 0.25) is 0 Å². The number of rotatable bonds is 5. The first kappa shape index (κ1) is 17.7. The number of aryl methyl sites for hydroxylation is 1. The molecule has 0 radical (unpaired) electrons. The molecule has 0 saturated carbocycles. The van der Waals surface area contributed by atoms with E-state index >= 15 is 0 Å². The number of piperidine rings is 1. The highest BCUT2D eigenvalue weighted by atomic mass is 32.2. The summed E-state index contributed by atoms with van der Waals surface area (Å²) < 4.78 is 24.6. The van der Waals surface area contributed by atoms with Crippen molar-refractivity contribution in [1.29, 1.82) is 0 Å². The van der Waals surface area contributed by atoms with E-state index in [1.54, 1.807) is 0 Å². The van der Waals surface area contributed by atoms with E-state index in [0.717, 1.165) is 19.3 Å². The fraction of sp³-hybridized carbons (Fsp3) is 0.562. The number of urea groups is 1. The van der Waals surface area contributed by atoms with Gasteiger partial charge in [-0.2, -0.15) is 0 Å². The van der Waals surface area contributed by atoms with Crippen molar-refractivity contribution in [3.05, 3.63) is 35.4 Å². The van der Waals surface area contributed by atoms with Crippen molar-refractivity contribution in [1.82, 2.24) is 14.9 Å². The van der Waals surface area contributed by atoms with Crippen LogP contribution in [0.1, 0.15) is 24.0 Å². The maximum atomic E-state index is 12.0. The minimum atomic E-state index is -3.19. The number of nitrogens with zero attached hydrogens (tertiary/aromatic N) is 1. The standard InChI is InChI=1S/C16H25N3O3S/c1-13-6-3-4-7-14(13)9-10-17-16(20)18-15-8-5-11-19(12-15)23(2,21)22/h3-4,6-7,15H,5,8-12H2,1-2H3,(H2,17,18,20). The first-order chi connectivity index (χ1) is 10.9. The molecule has 128 valence electrons. The molecule has 1 saturated heterocycles. The molecule has 1 aliphatic rings. The predicted molar refractivity (Wildman–Crippen MR) is 90.9 cm³/mol. The van der Waals surface area contributed by atoms with Gasteiger partial charge >= 0.3 is 6.03 Å². The summed E-state index contributed by atoms with van der Waals surface area (Å²) in [6.45, 7) is 3.49. The largest absolute Gasteiger partial charge is 0.338 e. The summed E-state index contributed by atoms with van der Waals surface area (Å²) in [5, 5.41) is 5.71. The van der Waals surface area contributed by atoms with Gasteiger partial charge in [0.2, 0.25) is 10.0 Å². The van der Waals surface area contributed by atoms with Crippen LogP contribution >= 0.6 is 0 Å². The minimum absolute atomic E-state index is 0.128. The van der Waals surface area contributed by atoms with Crippen LogP contribution in [-0.2, 0) is 16.4 Å². The summed E-state index contributed by atoms with van der Waals surface area (Å²) >= 11 is 0. The molecule has 2 amide bonds. The highest BCUT2D eigenvalue weighted by Gasteiger charge is 2.26. The maximum absolute atomic E-state index is 12.0. The third kappa shape index (κ3) is 5.51. The second-order valence-electron chi connectivity index (χ2n) is 6.04. The number of benzene rings is 1. The first-order valence-corrected chi connectivity index (χ1v) is 9.75. The molecular formula is C16H25N3O3S. The lowest BCUT2D eigenvalue weighted by molar-refractivity contribution is 0.226. The van der Waals surface area contributed by atoms with Crippen molar-refractivity contribution in [2.75, 3.05) is 25.9 Å². The lowest BCUT2D eigenvalue weighted by atomic mass is 10.1. The van der Waals surface area contributed by atoms with Gasteiger partial charge in [0.05, 0.1) is 6.26 Å². The van der Waals surface area contributed by atoms with Crippen LogP contribution in [0.25, 0.3) is 0 Å². The molecule has 1 atom stereocenters. The van der Waals surface area contributed by atoms with Crippen molar-refractivity contribution >= 4 is 16.1 Å². The number of carbonyl (C=O) groups excluding carboxylic acids is 1. The first-order valence-electron chi connectivity index (χ1n) is 7.90. The van der Waals surface area contributed by atoms with E-state index in [1.807, 2.05) is 12.1 Å². The van der Waals surface area contributed by atoms with E-state index in [9.17, 15) is 13.2 Å². The molecule has 7 heteroatoms. The molecule has 1 aromatic carbocycles. The Morgan fingerprint density at radius 2 is 2.09 bits per heavy atom. The third-order valence-electron chi connectivity index (χ3n) is 4.13. The van der Waals surface area contributed by atoms with Crippen LogP contribution in [0.4, 0.5) is 4.79 Å². The summed E-state index contributed by atoms with van der Waals surface area (Å²) in [5.41, 5.74) is 2.43. The Bertz CT molecular complexity index is 646. The van der Waals surface area contributed by atoms with E-state index in [4.69, 9.17) is 0 Å². The molecule has 0 spiro atoms. The Balaban J connectivity index is 1.75. The zero-order valence-corrected chi connectivity index (χ0v) is 14.5. The van der Waals surface area contributed by atoms with Crippen molar-refractivity contribution in [3.63, 3.8) is 0 Å². The van der Waals surface area contributed by atoms with Gasteiger partial charge in [0.25, 0.3) is 0 Å². The Morgan fingerprint density at radius 1 is 1.35 bits per heavy atom.